The molecule has 0 aliphatic rings. The van der Waals surface area contributed by atoms with Crippen LogP contribution < -0.4 is 5.73 Å². The largest absolute Gasteiger partial charge is 0.396 e. The van der Waals surface area contributed by atoms with Crippen molar-refractivity contribution in [2.45, 2.75) is 6.42 Å². The van der Waals surface area contributed by atoms with Gasteiger partial charge in [0.15, 0.2) is 0 Å². The Kier molecular flexibility index (Phi) is 2.76. The van der Waals surface area contributed by atoms with Gasteiger partial charge in [-0.15, -0.1) is 0 Å². The first-order chi connectivity index (χ1) is 8.74. The molecule has 2 heterocycles. The molecule has 0 fully saturated rings. The van der Waals surface area contributed by atoms with E-state index in [0.29, 0.717) is 17.9 Å². The van der Waals surface area contributed by atoms with Crippen molar-refractivity contribution in [3.8, 4) is 0 Å². The highest BCUT2D eigenvalue weighted by atomic mass is 79.9. The summed E-state index contributed by atoms with van der Waals surface area (Å²) in [6, 6.07) is 10.1. The Bertz CT molecular complexity index is 691. The van der Waals surface area contributed by atoms with E-state index in [9.17, 15) is 0 Å². The van der Waals surface area contributed by atoms with Gasteiger partial charge in [-0.3, -0.25) is 4.40 Å². The number of anilines is 1. The van der Waals surface area contributed by atoms with Crippen LogP contribution in [0.3, 0.4) is 0 Å². The Morgan fingerprint density at radius 3 is 2.78 bits per heavy atom. The molecule has 0 unspecified atom stereocenters. The quantitative estimate of drug-likeness (QED) is 0.792. The van der Waals surface area contributed by atoms with E-state index in [1.807, 2.05) is 28.8 Å². The fraction of sp³-hybridized carbons (Fsp3) is 0.0769. The van der Waals surface area contributed by atoms with Crippen molar-refractivity contribution < 1.29 is 0 Å². The first kappa shape index (κ1) is 11.2. The van der Waals surface area contributed by atoms with Crippen molar-refractivity contribution in [3.05, 3.63) is 58.6 Å². The molecule has 0 aliphatic heterocycles. The lowest BCUT2D eigenvalue weighted by Crippen LogP contribution is -2.03. The van der Waals surface area contributed by atoms with Gasteiger partial charge in [-0.05, 0) is 21.5 Å². The molecule has 0 saturated heterocycles. The third kappa shape index (κ3) is 1.97. The van der Waals surface area contributed by atoms with Crippen LogP contribution in [-0.4, -0.2) is 14.4 Å². The fourth-order valence-electron chi connectivity index (χ4n) is 1.86. The molecule has 0 bridgehead atoms. The minimum absolute atomic E-state index is 0.655. The molecule has 0 radical (unpaired) electrons. The van der Waals surface area contributed by atoms with Crippen molar-refractivity contribution >= 4 is 27.4 Å². The van der Waals surface area contributed by atoms with Gasteiger partial charge in [0, 0.05) is 12.6 Å². The van der Waals surface area contributed by atoms with E-state index in [-0.39, 0.29) is 0 Å². The molecule has 3 rings (SSSR count). The smallest absolute Gasteiger partial charge is 0.235 e. The molecule has 0 amide bonds. The van der Waals surface area contributed by atoms with Crippen molar-refractivity contribution in [2.24, 2.45) is 0 Å². The van der Waals surface area contributed by atoms with Crippen LogP contribution in [0.5, 0.6) is 0 Å². The summed E-state index contributed by atoms with van der Waals surface area (Å²) < 4.78 is 2.67. The number of nitrogen functional groups attached to an aromatic ring is 1. The van der Waals surface area contributed by atoms with Crippen LogP contribution >= 0.6 is 15.9 Å². The van der Waals surface area contributed by atoms with E-state index in [1.165, 1.54) is 5.56 Å². The summed E-state index contributed by atoms with van der Waals surface area (Å²) in [6.07, 6.45) is 4.28. The summed E-state index contributed by atoms with van der Waals surface area (Å²) in [5, 5.41) is 0. The first-order valence-corrected chi connectivity index (χ1v) is 6.35. The number of rotatable bonds is 2. The van der Waals surface area contributed by atoms with Gasteiger partial charge in [0.25, 0.3) is 0 Å². The summed E-state index contributed by atoms with van der Waals surface area (Å²) >= 11 is 3.40. The highest BCUT2D eigenvalue weighted by molar-refractivity contribution is 9.10. The Morgan fingerprint density at radius 1 is 1.22 bits per heavy atom. The summed E-state index contributed by atoms with van der Waals surface area (Å²) in [5.74, 6) is 0.655. The number of nitrogens with zero attached hydrogens (tertiary/aromatic N) is 3. The maximum atomic E-state index is 6.03. The first-order valence-electron chi connectivity index (χ1n) is 5.56. The molecule has 3 aromatic rings. The molecule has 5 heteroatoms. The lowest BCUT2D eigenvalue weighted by molar-refractivity contribution is 1.01. The average Bonchev–Trinajstić information content (AvgIpc) is 2.73. The molecule has 2 aromatic heterocycles. The third-order valence-electron chi connectivity index (χ3n) is 2.78. The zero-order chi connectivity index (χ0) is 12.5. The Balaban J connectivity index is 2.04. The van der Waals surface area contributed by atoms with E-state index in [0.717, 1.165) is 10.3 Å². The Labute approximate surface area is 113 Å². The number of aromatic nitrogens is 3. The number of hydrogen-bond donors (Lipinski definition) is 1. The van der Waals surface area contributed by atoms with Crippen molar-refractivity contribution in [1.29, 1.82) is 0 Å². The number of nitrogens with two attached hydrogens (primary N) is 1. The topological polar surface area (TPSA) is 56.2 Å². The predicted molar refractivity (Wildman–Crippen MR) is 74.3 cm³/mol. The van der Waals surface area contributed by atoms with Gasteiger partial charge in [-0.1, -0.05) is 30.3 Å². The molecular formula is C13H11BrN4. The summed E-state index contributed by atoms with van der Waals surface area (Å²) in [7, 11) is 0. The van der Waals surface area contributed by atoms with Crippen LogP contribution in [-0.2, 0) is 6.42 Å². The molecule has 0 spiro atoms. The normalized spacial score (nSPS) is 10.9. The van der Waals surface area contributed by atoms with Gasteiger partial charge in [-0.2, -0.15) is 0 Å². The van der Waals surface area contributed by atoms with E-state index in [1.54, 1.807) is 6.20 Å². The summed E-state index contributed by atoms with van der Waals surface area (Å²) in [5.41, 5.74) is 8.74. The van der Waals surface area contributed by atoms with Crippen LogP contribution in [0.15, 0.2) is 47.3 Å². The van der Waals surface area contributed by atoms with E-state index in [2.05, 4.69) is 38.0 Å². The van der Waals surface area contributed by atoms with Gasteiger partial charge in [0.2, 0.25) is 5.78 Å². The van der Waals surface area contributed by atoms with Crippen LogP contribution in [0.1, 0.15) is 11.3 Å². The number of benzene rings is 1. The zero-order valence-corrected chi connectivity index (χ0v) is 11.1. The fourth-order valence-corrected chi connectivity index (χ4v) is 2.23. The molecule has 2 N–H and O–H groups in total. The average molecular weight is 303 g/mol. The van der Waals surface area contributed by atoms with E-state index < -0.39 is 0 Å². The number of halogens is 1. The summed E-state index contributed by atoms with van der Waals surface area (Å²) in [4.78, 5) is 8.70. The van der Waals surface area contributed by atoms with Crippen molar-refractivity contribution in [1.82, 2.24) is 14.4 Å². The van der Waals surface area contributed by atoms with Gasteiger partial charge >= 0.3 is 0 Å². The highest BCUT2D eigenvalue weighted by Crippen LogP contribution is 2.18. The third-order valence-corrected chi connectivity index (χ3v) is 3.37. The molecule has 90 valence electrons. The monoisotopic (exact) mass is 302 g/mol. The van der Waals surface area contributed by atoms with Crippen LogP contribution in [0, 0.1) is 0 Å². The lowest BCUT2D eigenvalue weighted by atomic mass is 10.1. The second-order valence-electron chi connectivity index (χ2n) is 4.06. The van der Waals surface area contributed by atoms with E-state index >= 15 is 0 Å². The maximum absolute atomic E-state index is 6.03. The Hall–Kier alpha value is -1.88. The molecule has 0 aliphatic carbocycles. The second kappa shape index (κ2) is 4.42. The molecule has 1 aromatic carbocycles. The molecule has 4 nitrogen and oxygen atoms in total. The molecule has 18 heavy (non-hydrogen) atoms. The lowest BCUT2D eigenvalue weighted by Gasteiger charge is -2.06. The van der Waals surface area contributed by atoms with Crippen molar-refractivity contribution in [2.75, 3.05) is 5.73 Å². The van der Waals surface area contributed by atoms with Crippen molar-refractivity contribution in [3.63, 3.8) is 0 Å². The molecule has 0 saturated carbocycles. The van der Waals surface area contributed by atoms with E-state index in [4.69, 9.17) is 5.73 Å². The predicted octanol–water partition coefficient (Wildman–Crippen LogP) is 2.66. The summed E-state index contributed by atoms with van der Waals surface area (Å²) in [6.45, 7) is 0. The number of imidazole rings is 1. The van der Waals surface area contributed by atoms with Crippen LogP contribution in [0.4, 0.5) is 5.69 Å². The highest BCUT2D eigenvalue weighted by Gasteiger charge is 2.08. The number of hydrogen-bond acceptors (Lipinski definition) is 3. The maximum Gasteiger partial charge on any atom is 0.235 e. The Morgan fingerprint density at radius 2 is 2.00 bits per heavy atom. The van der Waals surface area contributed by atoms with Gasteiger partial charge < -0.3 is 5.73 Å². The minimum atomic E-state index is 0.655. The molecule has 0 atom stereocenters. The van der Waals surface area contributed by atoms with Gasteiger partial charge in [0.05, 0.1) is 17.6 Å². The minimum Gasteiger partial charge on any atom is -0.396 e. The van der Waals surface area contributed by atoms with Gasteiger partial charge in [0.1, 0.15) is 4.60 Å². The zero-order valence-electron chi connectivity index (χ0n) is 9.55. The number of fused-ring (bicyclic) bond motifs is 1. The van der Waals surface area contributed by atoms with Gasteiger partial charge in [-0.25, -0.2) is 9.97 Å². The SMILES string of the molecule is Nc1cn2c(Br)cnc2nc1Cc1ccccc1. The second-order valence-corrected chi connectivity index (χ2v) is 4.87. The molecular weight excluding hydrogens is 292 g/mol. The van der Waals surface area contributed by atoms with Crippen LogP contribution in [0.25, 0.3) is 5.78 Å². The van der Waals surface area contributed by atoms with Crippen LogP contribution in [0.2, 0.25) is 0 Å². The standard InChI is InChI=1S/C13H11BrN4/c14-12-7-16-13-17-11(10(15)8-18(12)13)6-9-4-2-1-3-5-9/h1-5,7-8H,6,15H2.